The lowest BCUT2D eigenvalue weighted by molar-refractivity contribution is -0.145. The summed E-state index contributed by atoms with van der Waals surface area (Å²) in [4.78, 5) is 29.5. The van der Waals surface area contributed by atoms with Gasteiger partial charge in [0.15, 0.2) is 0 Å². The number of aromatic nitrogens is 2. The van der Waals surface area contributed by atoms with Crippen molar-refractivity contribution >= 4 is 17.6 Å². The smallest absolute Gasteiger partial charge is 0.311 e. The fraction of sp³-hybridized carbons (Fsp3) is 0.312. The maximum atomic E-state index is 12.1. The predicted octanol–water partition coefficient (Wildman–Crippen LogP) is 1.71. The van der Waals surface area contributed by atoms with Crippen molar-refractivity contribution in [1.82, 2.24) is 9.55 Å². The molecule has 1 aromatic heterocycles. The Labute approximate surface area is 128 Å². The number of benzene rings is 1. The van der Waals surface area contributed by atoms with Crippen LogP contribution in [0.25, 0.3) is 5.69 Å². The number of nitrogens with zero attached hydrogens (tertiary/aromatic N) is 3. The van der Waals surface area contributed by atoms with Crippen molar-refractivity contribution in [2.75, 3.05) is 18.6 Å². The first-order valence-corrected chi connectivity index (χ1v) is 7.08. The van der Waals surface area contributed by atoms with E-state index in [-0.39, 0.29) is 24.2 Å². The first-order valence-electron chi connectivity index (χ1n) is 7.08. The van der Waals surface area contributed by atoms with Gasteiger partial charge >= 0.3 is 5.97 Å². The summed E-state index contributed by atoms with van der Waals surface area (Å²) in [6, 6.07) is 7.63. The van der Waals surface area contributed by atoms with Gasteiger partial charge in [0.05, 0.1) is 13.0 Å². The van der Waals surface area contributed by atoms with Crippen LogP contribution in [0.4, 0.5) is 5.69 Å². The maximum Gasteiger partial charge on any atom is 0.311 e. The molecule has 0 N–H and O–H groups in total. The zero-order chi connectivity index (χ0) is 15.7. The molecular weight excluding hydrogens is 282 g/mol. The highest BCUT2D eigenvalue weighted by atomic mass is 16.5. The lowest BCUT2D eigenvalue weighted by Crippen LogP contribution is -2.26. The van der Waals surface area contributed by atoms with Crippen LogP contribution in [0.3, 0.4) is 0 Å². The molecule has 0 aliphatic carbocycles. The number of esters is 1. The highest BCUT2D eigenvalue weighted by Gasteiger charge is 2.35. The van der Waals surface area contributed by atoms with E-state index in [0.29, 0.717) is 6.54 Å². The van der Waals surface area contributed by atoms with Crippen molar-refractivity contribution in [3.8, 4) is 5.69 Å². The molecule has 6 nitrogen and oxygen atoms in total. The summed E-state index contributed by atoms with van der Waals surface area (Å²) < 4.78 is 6.68. The van der Waals surface area contributed by atoms with Crippen molar-refractivity contribution < 1.29 is 14.3 Å². The van der Waals surface area contributed by atoms with Gasteiger partial charge in [0, 0.05) is 36.7 Å². The average molecular weight is 299 g/mol. The van der Waals surface area contributed by atoms with Gasteiger partial charge in [-0.2, -0.15) is 0 Å². The normalized spacial score (nSPS) is 17.8. The summed E-state index contributed by atoms with van der Waals surface area (Å²) >= 11 is 0. The zero-order valence-corrected chi connectivity index (χ0v) is 12.5. The first kappa shape index (κ1) is 14.3. The minimum atomic E-state index is -0.381. The van der Waals surface area contributed by atoms with Gasteiger partial charge in [-0.1, -0.05) is 0 Å². The molecule has 0 radical (unpaired) electrons. The number of hydrogen-bond donors (Lipinski definition) is 0. The first-order chi connectivity index (χ1) is 10.6. The second-order valence-electron chi connectivity index (χ2n) is 5.29. The molecule has 1 unspecified atom stereocenters. The summed E-state index contributed by atoms with van der Waals surface area (Å²) in [6.45, 7) is 2.30. The fourth-order valence-corrected chi connectivity index (χ4v) is 2.73. The van der Waals surface area contributed by atoms with Crippen LogP contribution in [-0.2, 0) is 14.3 Å². The Balaban J connectivity index is 1.80. The van der Waals surface area contributed by atoms with Gasteiger partial charge in [-0.05, 0) is 31.2 Å². The third-order valence-corrected chi connectivity index (χ3v) is 3.92. The number of carbonyl (C=O) groups is 2. The van der Waals surface area contributed by atoms with Crippen LogP contribution in [0.15, 0.2) is 36.7 Å². The number of carbonyl (C=O) groups excluding carboxylic acids is 2. The molecule has 114 valence electrons. The molecule has 2 heterocycles. The highest BCUT2D eigenvalue weighted by molar-refractivity contribution is 5.99. The monoisotopic (exact) mass is 299 g/mol. The molecule has 0 bridgehead atoms. The van der Waals surface area contributed by atoms with Crippen molar-refractivity contribution in [3.63, 3.8) is 0 Å². The van der Waals surface area contributed by atoms with E-state index in [2.05, 4.69) is 4.98 Å². The maximum absolute atomic E-state index is 12.1. The van der Waals surface area contributed by atoms with Crippen LogP contribution in [-0.4, -0.2) is 35.1 Å². The Morgan fingerprint density at radius 1 is 1.27 bits per heavy atom. The van der Waals surface area contributed by atoms with E-state index in [0.717, 1.165) is 17.2 Å². The Morgan fingerprint density at radius 3 is 2.55 bits per heavy atom. The molecule has 3 rings (SSSR count). The number of aryl methyl sites for hydroxylation is 1. The Kier molecular flexibility index (Phi) is 3.66. The molecule has 1 fully saturated rings. The van der Waals surface area contributed by atoms with Gasteiger partial charge in [0.25, 0.3) is 0 Å². The molecule has 1 aliphatic heterocycles. The van der Waals surface area contributed by atoms with Gasteiger partial charge in [0.2, 0.25) is 5.91 Å². The molecule has 22 heavy (non-hydrogen) atoms. The number of rotatable bonds is 3. The molecule has 1 aliphatic rings. The summed E-state index contributed by atoms with van der Waals surface area (Å²) in [7, 11) is 1.34. The summed E-state index contributed by atoms with van der Waals surface area (Å²) in [5.41, 5.74) is 1.77. The lowest BCUT2D eigenvalue weighted by Gasteiger charge is -2.17. The van der Waals surface area contributed by atoms with E-state index in [4.69, 9.17) is 4.74 Å². The van der Waals surface area contributed by atoms with E-state index >= 15 is 0 Å². The summed E-state index contributed by atoms with van der Waals surface area (Å²) in [5, 5.41) is 0. The third-order valence-electron chi connectivity index (χ3n) is 3.92. The second kappa shape index (κ2) is 5.63. The highest BCUT2D eigenvalue weighted by Crippen LogP contribution is 2.26. The Morgan fingerprint density at radius 2 is 1.95 bits per heavy atom. The number of methoxy groups -OCH3 is 1. The largest absolute Gasteiger partial charge is 0.469 e. The molecular formula is C16H17N3O3. The second-order valence-corrected chi connectivity index (χ2v) is 5.29. The summed E-state index contributed by atoms with van der Waals surface area (Å²) in [6.07, 6.45) is 3.84. The van der Waals surface area contributed by atoms with Gasteiger partial charge in [-0.3, -0.25) is 9.59 Å². The van der Waals surface area contributed by atoms with Crippen LogP contribution in [0.5, 0.6) is 0 Å². The lowest BCUT2D eigenvalue weighted by atomic mass is 10.1. The SMILES string of the molecule is COC(=O)C1CC(=O)N(c2ccc(-n3ccnc3C)cc2)C1. The number of imidazole rings is 1. The quantitative estimate of drug-likeness (QED) is 0.809. The van der Waals surface area contributed by atoms with Crippen LogP contribution in [0, 0.1) is 12.8 Å². The van der Waals surface area contributed by atoms with Gasteiger partial charge in [-0.15, -0.1) is 0 Å². The number of hydrogen-bond acceptors (Lipinski definition) is 4. The van der Waals surface area contributed by atoms with E-state index in [1.807, 2.05) is 42.0 Å². The Hall–Kier alpha value is -2.63. The topological polar surface area (TPSA) is 64.4 Å². The van der Waals surface area contributed by atoms with E-state index in [9.17, 15) is 9.59 Å². The molecule has 6 heteroatoms. The molecule has 0 saturated carbocycles. The van der Waals surface area contributed by atoms with Gasteiger partial charge in [0.1, 0.15) is 5.82 Å². The van der Waals surface area contributed by atoms with Crippen molar-refractivity contribution in [2.45, 2.75) is 13.3 Å². The minimum absolute atomic E-state index is 0.0537. The van der Waals surface area contributed by atoms with E-state index in [1.54, 1.807) is 11.1 Å². The van der Waals surface area contributed by atoms with Gasteiger partial charge < -0.3 is 14.2 Å². The molecule has 1 atom stereocenters. The number of anilines is 1. The predicted molar refractivity (Wildman–Crippen MR) is 80.8 cm³/mol. The van der Waals surface area contributed by atoms with Crippen molar-refractivity contribution in [2.24, 2.45) is 5.92 Å². The molecule has 1 aromatic carbocycles. The molecule has 0 spiro atoms. The van der Waals surface area contributed by atoms with Crippen molar-refractivity contribution in [3.05, 3.63) is 42.5 Å². The summed E-state index contributed by atoms with van der Waals surface area (Å²) in [5.74, 6) is 0.132. The van der Waals surface area contributed by atoms with Gasteiger partial charge in [-0.25, -0.2) is 4.98 Å². The van der Waals surface area contributed by atoms with Crippen LogP contribution in [0.2, 0.25) is 0 Å². The van der Waals surface area contributed by atoms with E-state index in [1.165, 1.54) is 7.11 Å². The minimum Gasteiger partial charge on any atom is -0.469 e. The van der Waals surface area contributed by atoms with Crippen LogP contribution in [0.1, 0.15) is 12.2 Å². The van der Waals surface area contributed by atoms with Crippen LogP contribution < -0.4 is 4.90 Å². The standard InChI is InChI=1S/C16H17N3O3/c1-11-17-7-8-18(11)13-3-5-14(6-4-13)19-10-12(9-15(19)20)16(21)22-2/h3-8,12H,9-10H2,1-2H3. The third kappa shape index (κ3) is 2.47. The Bertz CT molecular complexity index is 706. The molecule has 1 amide bonds. The van der Waals surface area contributed by atoms with Crippen molar-refractivity contribution in [1.29, 1.82) is 0 Å². The number of amides is 1. The zero-order valence-electron chi connectivity index (χ0n) is 12.5. The number of ether oxygens (including phenoxy) is 1. The van der Waals surface area contributed by atoms with Crippen LogP contribution >= 0.6 is 0 Å². The molecule has 1 saturated heterocycles. The average Bonchev–Trinajstić information content (AvgIpc) is 3.13. The fourth-order valence-electron chi connectivity index (χ4n) is 2.73. The molecule has 2 aromatic rings. The van der Waals surface area contributed by atoms with E-state index < -0.39 is 0 Å².